The quantitative estimate of drug-likeness (QED) is 0.906. The van der Waals surface area contributed by atoms with E-state index in [1.807, 2.05) is 18.7 Å². The molecule has 120 valence electrons. The third-order valence-electron chi connectivity index (χ3n) is 3.57. The summed E-state index contributed by atoms with van der Waals surface area (Å²) in [4.78, 5) is 27.8. The fraction of sp³-hybridized carbons (Fsp3) is 0.500. The number of rotatable bonds is 4. The molecule has 1 saturated heterocycles. The topological polar surface area (TPSA) is 52.7 Å². The van der Waals surface area contributed by atoms with Crippen LogP contribution in [-0.2, 0) is 4.79 Å². The van der Waals surface area contributed by atoms with Crippen molar-refractivity contribution >= 4 is 11.8 Å². The van der Waals surface area contributed by atoms with Crippen LogP contribution in [-0.4, -0.2) is 60.4 Å². The van der Waals surface area contributed by atoms with Gasteiger partial charge in [0.15, 0.2) is 0 Å². The van der Waals surface area contributed by atoms with Gasteiger partial charge in [-0.3, -0.25) is 14.5 Å². The molecule has 0 aromatic heterocycles. The van der Waals surface area contributed by atoms with Gasteiger partial charge in [-0.2, -0.15) is 0 Å². The number of hydrogen-bond donors (Lipinski definition) is 1. The fourth-order valence-corrected chi connectivity index (χ4v) is 2.45. The van der Waals surface area contributed by atoms with Crippen LogP contribution in [0.3, 0.4) is 0 Å². The van der Waals surface area contributed by atoms with E-state index in [4.69, 9.17) is 0 Å². The van der Waals surface area contributed by atoms with E-state index in [2.05, 4.69) is 5.32 Å². The van der Waals surface area contributed by atoms with Gasteiger partial charge in [-0.05, 0) is 38.1 Å². The maximum Gasteiger partial charge on any atom is 0.253 e. The molecule has 0 spiro atoms. The zero-order valence-electron chi connectivity index (χ0n) is 13.0. The molecule has 1 aromatic carbocycles. The zero-order valence-corrected chi connectivity index (χ0v) is 13.0. The van der Waals surface area contributed by atoms with Crippen LogP contribution < -0.4 is 5.32 Å². The molecule has 1 fully saturated rings. The van der Waals surface area contributed by atoms with E-state index >= 15 is 0 Å². The first-order valence-electron chi connectivity index (χ1n) is 7.52. The molecule has 6 heteroatoms. The lowest BCUT2D eigenvalue weighted by molar-refractivity contribution is -0.123. The standard InChI is InChI=1S/C16H22FN3O2/c1-12(2)18-15(21)11-19-7-9-20(10-8-19)16(22)13-3-5-14(17)6-4-13/h3-6,12H,7-11H2,1-2H3,(H,18,21). The van der Waals surface area contributed by atoms with E-state index in [1.54, 1.807) is 4.90 Å². The molecular formula is C16H22FN3O2. The van der Waals surface area contributed by atoms with E-state index in [0.717, 1.165) is 0 Å². The Morgan fingerprint density at radius 1 is 1.14 bits per heavy atom. The highest BCUT2D eigenvalue weighted by atomic mass is 19.1. The second-order valence-corrected chi connectivity index (χ2v) is 5.80. The van der Waals surface area contributed by atoms with Crippen LogP contribution in [0.15, 0.2) is 24.3 Å². The van der Waals surface area contributed by atoms with E-state index in [0.29, 0.717) is 38.3 Å². The maximum absolute atomic E-state index is 12.9. The van der Waals surface area contributed by atoms with Crippen molar-refractivity contribution in [3.63, 3.8) is 0 Å². The summed E-state index contributed by atoms with van der Waals surface area (Å²) in [6.45, 7) is 6.69. The van der Waals surface area contributed by atoms with Crippen molar-refractivity contribution < 1.29 is 14.0 Å². The van der Waals surface area contributed by atoms with Crippen molar-refractivity contribution in [3.05, 3.63) is 35.6 Å². The number of halogens is 1. The molecule has 0 bridgehead atoms. The molecule has 1 N–H and O–H groups in total. The van der Waals surface area contributed by atoms with Crippen molar-refractivity contribution in [2.45, 2.75) is 19.9 Å². The van der Waals surface area contributed by atoms with Crippen LogP contribution >= 0.6 is 0 Å². The predicted molar refractivity (Wildman–Crippen MR) is 82.0 cm³/mol. The third kappa shape index (κ3) is 4.53. The third-order valence-corrected chi connectivity index (χ3v) is 3.57. The average Bonchev–Trinajstić information content (AvgIpc) is 2.47. The van der Waals surface area contributed by atoms with Gasteiger partial charge in [-0.15, -0.1) is 0 Å². The normalized spacial score (nSPS) is 15.9. The SMILES string of the molecule is CC(C)NC(=O)CN1CCN(C(=O)c2ccc(F)cc2)CC1. The van der Waals surface area contributed by atoms with Gasteiger partial charge >= 0.3 is 0 Å². The maximum atomic E-state index is 12.9. The largest absolute Gasteiger partial charge is 0.353 e. The minimum atomic E-state index is -0.350. The molecule has 0 atom stereocenters. The molecule has 1 aromatic rings. The van der Waals surface area contributed by atoms with Crippen LogP contribution in [0, 0.1) is 5.82 Å². The highest BCUT2D eigenvalue weighted by molar-refractivity contribution is 5.94. The van der Waals surface area contributed by atoms with Crippen molar-refractivity contribution in [2.75, 3.05) is 32.7 Å². The Morgan fingerprint density at radius 2 is 1.73 bits per heavy atom. The van der Waals surface area contributed by atoms with Crippen molar-refractivity contribution in [1.82, 2.24) is 15.1 Å². The van der Waals surface area contributed by atoms with Gasteiger partial charge in [0.25, 0.3) is 5.91 Å². The Balaban J connectivity index is 1.83. The number of amides is 2. The van der Waals surface area contributed by atoms with Crippen LogP contribution in [0.5, 0.6) is 0 Å². The summed E-state index contributed by atoms with van der Waals surface area (Å²) in [5, 5.41) is 2.86. The Bertz CT molecular complexity index is 523. The number of nitrogens with one attached hydrogen (secondary N) is 1. The van der Waals surface area contributed by atoms with Gasteiger partial charge in [0.1, 0.15) is 5.82 Å². The lowest BCUT2D eigenvalue weighted by Gasteiger charge is -2.34. The molecule has 1 aliphatic rings. The molecule has 2 rings (SSSR count). The van der Waals surface area contributed by atoms with Crippen LogP contribution in [0.2, 0.25) is 0 Å². The van der Waals surface area contributed by atoms with E-state index in [-0.39, 0.29) is 23.7 Å². The van der Waals surface area contributed by atoms with Crippen molar-refractivity contribution in [2.24, 2.45) is 0 Å². The first kappa shape index (κ1) is 16.4. The van der Waals surface area contributed by atoms with Crippen LogP contribution in [0.4, 0.5) is 4.39 Å². The number of piperazine rings is 1. The molecule has 0 radical (unpaired) electrons. The van der Waals surface area contributed by atoms with Gasteiger partial charge in [0, 0.05) is 37.8 Å². The van der Waals surface area contributed by atoms with E-state index in [1.165, 1.54) is 24.3 Å². The van der Waals surface area contributed by atoms with Gasteiger partial charge in [-0.1, -0.05) is 0 Å². The summed E-state index contributed by atoms with van der Waals surface area (Å²) in [6.07, 6.45) is 0. The fourth-order valence-electron chi connectivity index (χ4n) is 2.45. The molecule has 2 amide bonds. The van der Waals surface area contributed by atoms with E-state index in [9.17, 15) is 14.0 Å². The summed E-state index contributed by atoms with van der Waals surface area (Å²) in [5.41, 5.74) is 0.493. The molecule has 0 aliphatic carbocycles. The molecule has 1 heterocycles. The smallest absolute Gasteiger partial charge is 0.253 e. The van der Waals surface area contributed by atoms with Crippen molar-refractivity contribution in [3.8, 4) is 0 Å². The summed E-state index contributed by atoms with van der Waals surface area (Å²) < 4.78 is 12.9. The minimum Gasteiger partial charge on any atom is -0.353 e. The highest BCUT2D eigenvalue weighted by Crippen LogP contribution is 2.09. The first-order valence-corrected chi connectivity index (χ1v) is 7.52. The summed E-state index contributed by atoms with van der Waals surface area (Å²) in [7, 11) is 0. The Labute approximate surface area is 130 Å². The van der Waals surface area contributed by atoms with Gasteiger partial charge in [0.05, 0.1) is 6.54 Å². The number of hydrogen-bond acceptors (Lipinski definition) is 3. The predicted octanol–water partition coefficient (Wildman–Crippen LogP) is 1.11. The van der Waals surface area contributed by atoms with Gasteiger partial charge < -0.3 is 10.2 Å². The molecule has 0 saturated carbocycles. The average molecular weight is 307 g/mol. The summed E-state index contributed by atoms with van der Waals surface area (Å²) in [6, 6.07) is 5.72. The molecule has 22 heavy (non-hydrogen) atoms. The molecule has 0 unspecified atom stereocenters. The second-order valence-electron chi connectivity index (χ2n) is 5.80. The van der Waals surface area contributed by atoms with Crippen LogP contribution in [0.1, 0.15) is 24.2 Å². The van der Waals surface area contributed by atoms with E-state index < -0.39 is 0 Å². The first-order chi connectivity index (χ1) is 10.5. The second kappa shape index (κ2) is 7.35. The molecule has 5 nitrogen and oxygen atoms in total. The number of carbonyl (C=O) groups excluding carboxylic acids is 2. The van der Waals surface area contributed by atoms with Gasteiger partial charge in [0.2, 0.25) is 5.91 Å². The Kier molecular flexibility index (Phi) is 5.49. The number of benzene rings is 1. The summed E-state index contributed by atoms with van der Waals surface area (Å²) in [5.74, 6) is -0.433. The zero-order chi connectivity index (χ0) is 16.1. The number of nitrogens with zero attached hydrogens (tertiary/aromatic N) is 2. The lowest BCUT2D eigenvalue weighted by Crippen LogP contribution is -2.51. The highest BCUT2D eigenvalue weighted by Gasteiger charge is 2.23. The molecule has 1 aliphatic heterocycles. The van der Waals surface area contributed by atoms with Gasteiger partial charge in [-0.25, -0.2) is 4.39 Å². The number of carbonyl (C=O) groups is 2. The molecular weight excluding hydrogens is 285 g/mol. The van der Waals surface area contributed by atoms with Crippen LogP contribution in [0.25, 0.3) is 0 Å². The Morgan fingerprint density at radius 3 is 2.27 bits per heavy atom. The summed E-state index contributed by atoms with van der Waals surface area (Å²) >= 11 is 0. The lowest BCUT2D eigenvalue weighted by atomic mass is 10.2. The van der Waals surface area contributed by atoms with Crippen molar-refractivity contribution in [1.29, 1.82) is 0 Å². The monoisotopic (exact) mass is 307 g/mol. The Hall–Kier alpha value is -1.95. The minimum absolute atomic E-state index is 0.00770.